The lowest BCUT2D eigenvalue weighted by Gasteiger charge is -2.30. The smallest absolute Gasteiger partial charge is 0.408 e. The SMILES string of the molecule is CCOC(=O)CN(CCCC#N)C(=O)[C@@H](NC(=O)OC(C)(C)C)C(C)C. The molecule has 8 heteroatoms. The van der Waals surface area contributed by atoms with Gasteiger partial charge in [0.2, 0.25) is 5.91 Å². The van der Waals surface area contributed by atoms with Crippen molar-refractivity contribution in [1.82, 2.24) is 10.2 Å². The molecule has 0 saturated carbocycles. The Morgan fingerprint density at radius 3 is 2.31 bits per heavy atom. The third-order valence-corrected chi connectivity index (χ3v) is 3.26. The van der Waals surface area contributed by atoms with Gasteiger partial charge in [0.15, 0.2) is 0 Å². The molecule has 0 bridgehead atoms. The van der Waals surface area contributed by atoms with E-state index >= 15 is 0 Å². The van der Waals surface area contributed by atoms with Crippen LogP contribution in [0.25, 0.3) is 0 Å². The topological polar surface area (TPSA) is 109 Å². The minimum absolute atomic E-state index is 0.211. The number of unbranched alkanes of at least 4 members (excludes halogenated alkanes) is 1. The molecule has 0 saturated heterocycles. The van der Waals surface area contributed by atoms with Gasteiger partial charge in [0.05, 0.1) is 12.7 Å². The molecule has 1 N–H and O–H groups in total. The van der Waals surface area contributed by atoms with Gasteiger partial charge in [0.25, 0.3) is 0 Å². The van der Waals surface area contributed by atoms with E-state index < -0.39 is 29.6 Å². The zero-order valence-electron chi connectivity index (χ0n) is 16.6. The fraction of sp³-hybridized carbons (Fsp3) is 0.778. The molecule has 0 aromatic heterocycles. The van der Waals surface area contributed by atoms with E-state index in [-0.39, 0.29) is 32.0 Å². The van der Waals surface area contributed by atoms with Gasteiger partial charge in [-0.15, -0.1) is 0 Å². The molecule has 0 aliphatic carbocycles. The second kappa shape index (κ2) is 11.3. The van der Waals surface area contributed by atoms with E-state index in [2.05, 4.69) is 5.32 Å². The largest absolute Gasteiger partial charge is 0.465 e. The van der Waals surface area contributed by atoms with Crippen molar-refractivity contribution < 1.29 is 23.9 Å². The normalized spacial score (nSPS) is 12.1. The molecule has 0 aromatic carbocycles. The van der Waals surface area contributed by atoms with Crippen molar-refractivity contribution in [2.45, 2.75) is 66.0 Å². The monoisotopic (exact) mass is 369 g/mol. The Labute approximate surface area is 155 Å². The summed E-state index contributed by atoms with van der Waals surface area (Å²) in [7, 11) is 0. The van der Waals surface area contributed by atoms with Gasteiger partial charge >= 0.3 is 12.1 Å². The average molecular weight is 369 g/mol. The highest BCUT2D eigenvalue weighted by Crippen LogP contribution is 2.11. The zero-order chi connectivity index (χ0) is 20.3. The summed E-state index contributed by atoms with van der Waals surface area (Å²) < 4.78 is 10.1. The molecule has 1 atom stereocenters. The molecule has 0 aliphatic rings. The Bertz CT molecular complexity index is 520. The lowest BCUT2D eigenvalue weighted by Crippen LogP contribution is -2.53. The Hall–Kier alpha value is -2.30. The quantitative estimate of drug-likeness (QED) is 0.493. The number of carbonyl (C=O) groups excluding carboxylic acids is 3. The van der Waals surface area contributed by atoms with E-state index in [0.717, 1.165) is 0 Å². The maximum Gasteiger partial charge on any atom is 0.408 e. The Morgan fingerprint density at radius 1 is 1.23 bits per heavy atom. The van der Waals surface area contributed by atoms with Gasteiger partial charge in [-0.25, -0.2) is 4.79 Å². The van der Waals surface area contributed by atoms with Crippen LogP contribution in [0.5, 0.6) is 0 Å². The van der Waals surface area contributed by atoms with Crippen LogP contribution < -0.4 is 5.32 Å². The van der Waals surface area contributed by atoms with E-state index in [1.54, 1.807) is 41.5 Å². The molecular weight excluding hydrogens is 338 g/mol. The number of rotatable bonds is 9. The highest BCUT2D eigenvalue weighted by atomic mass is 16.6. The molecule has 0 radical (unpaired) electrons. The molecule has 0 aliphatic heterocycles. The Morgan fingerprint density at radius 2 is 1.85 bits per heavy atom. The molecule has 148 valence electrons. The number of hydrogen-bond donors (Lipinski definition) is 1. The van der Waals surface area contributed by atoms with Crippen molar-refractivity contribution in [3.05, 3.63) is 0 Å². The van der Waals surface area contributed by atoms with Crippen molar-refractivity contribution in [2.24, 2.45) is 5.92 Å². The Balaban J connectivity index is 5.19. The van der Waals surface area contributed by atoms with Crippen molar-refractivity contribution in [1.29, 1.82) is 5.26 Å². The second-order valence-corrected chi connectivity index (χ2v) is 7.19. The van der Waals surface area contributed by atoms with Gasteiger partial charge in [-0.2, -0.15) is 5.26 Å². The van der Waals surface area contributed by atoms with Gasteiger partial charge < -0.3 is 19.7 Å². The predicted molar refractivity (Wildman–Crippen MR) is 96.1 cm³/mol. The number of alkyl carbamates (subject to hydrolysis) is 1. The van der Waals surface area contributed by atoms with E-state index in [1.807, 2.05) is 6.07 Å². The first kappa shape index (κ1) is 23.7. The van der Waals surface area contributed by atoms with Crippen molar-refractivity contribution >= 4 is 18.0 Å². The van der Waals surface area contributed by atoms with Crippen LogP contribution in [0, 0.1) is 17.2 Å². The minimum Gasteiger partial charge on any atom is -0.465 e. The fourth-order valence-electron chi connectivity index (χ4n) is 2.12. The van der Waals surface area contributed by atoms with E-state index in [4.69, 9.17) is 14.7 Å². The summed E-state index contributed by atoms with van der Waals surface area (Å²) in [4.78, 5) is 38.0. The molecule has 0 aromatic rings. The molecule has 0 heterocycles. The summed E-state index contributed by atoms with van der Waals surface area (Å²) in [5.74, 6) is -1.15. The number of amides is 2. The summed E-state index contributed by atoms with van der Waals surface area (Å²) in [5, 5.41) is 11.3. The van der Waals surface area contributed by atoms with Crippen LogP contribution in [-0.2, 0) is 19.1 Å². The summed E-state index contributed by atoms with van der Waals surface area (Å²) >= 11 is 0. The first-order valence-corrected chi connectivity index (χ1v) is 8.82. The number of ether oxygens (including phenoxy) is 2. The third-order valence-electron chi connectivity index (χ3n) is 3.26. The van der Waals surface area contributed by atoms with Gasteiger partial charge in [0, 0.05) is 13.0 Å². The number of esters is 1. The van der Waals surface area contributed by atoms with E-state index in [0.29, 0.717) is 6.42 Å². The first-order valence-electron chi connectivity index (χ1n) is 8.82. The fourth-order valence-corrected chi connectivity index (χ4v) is 2.12. The highest BCUT2D eigenvalue weighted by molar-refractivity contribution is 5.88. The standard InChI is InChI=1S/C18H31N3O5/c1-7-25-14(22)12-21(11-9-8-10-19)16(23)15(13(2)3)20-17(24)26-18(4,5)6/h13,15H,7-9,11-12H2,1-6H3,(H,20,24)/t15-/m0/s1. The van der Waals surface area contributed by atoms with Crippen LogP contribution in [0.1, 0.15) is 54.4 Å². The minimum atomic E-state index is -0.846. The zero-order valence-corrected chi connectivity index (χ0v) is 16.6. The van der Waals surface area contributed by atoms with Crippen LogP contribution >= 0.6 is 0 Å². The van der Waals surface area contributed by atoms with Crippen LogP contribution in [0.2, 0.25) is 0 Å². The van der Waals surface area contributed by atoms with Gasteiger partial charge in [0.1, 0.15) is 18.2 Å². The molecule has 0 rings (SSSR count). The van der Waals surface area contributed by atoms with Crippen molar-refractivity contribution in [3.8, 4) is 6.07 Å². The van der Waals surface area contributed by atoms with Crippen LogP contribution in [0.15, 0.2) is 0 Å². The summed E-state index contributed by atoms with van der Waals surface area (Å²) in [6, 6.07) is 1.16. The number of carbonyl (C=O) groups is 3. The molecular formula is C18H31N3O5. The van der Waals surface area contributed by atoms with Crippen molar-refractivity contribution in [3.63, 3.8) is 0 Å². The second-order valence-electron chi connectivity index (χ2n) is 7.19. The summed E-state index contributed by atoms with van der Waals surface area (Å²) in [6.45, 7) is 10.7. The van der Waals surface area contributed by atoms with Crippen LogP contribution in [0.4, 0.5) is 4.79 Å². The molecule has 8 nitrogen and oxygen atoms in total. The maximum absolute atomic E-state index is 12.9. The van der Waals surface area contributed by atoms with Gasteiger partial charge in [-0.3, -0.25) is 9.59 Å². The van der Waals surface area contributed by atoms with Crippen molar-refractivity contribution in [2.75, 3.05) is 19.7 Å². The number of nitrogens with one attached hydrogen (secondary N) is 1. The average Bonchev–Trinajstić information content (AvgIpc) is 2.49. The molecule has 0 spiro atoms. The number of nitriles is 1. The molecule has 0 fully saturated rings. The maximum atomic E-state index is 12.9. The van der Waals surface area contributed by atoms with E-state index in [9.17, 15) is 14.4 Å². The predicted octanol–water partition coefficient (Wildman–Crippen LogP) is 2.23. The van der Waals surface area contributed by atoms with Gasteiger partial charge in [-0.05, 0) is 40.0 Å². The van der Waals surface area contributed by atoms with Gasteiger partial charge in [-0.1, -0.05) is 13.8 Å². The van der Waals surface area contributed by atoms with Crippen LogP contribution in [0.3, 0.4) is 0 Å². The third kappa shape index (κ3) is 9.87. The van der Waals surface area contributed by atoms with Crippen LogP contribution in [-0.4, -0.2) is 54.2 Å². The number of nitrogens with zero attached hydrogens (tertiary/aromatic N) is 2. The van der Waals surface area contributed by atoms with E-state index in [1.165, 1.54) is 4.90 Å². The Kier molecular flexibility index (Phi) is 10.3. The number of hydrogen-bond acceptors (Lipinski definition) is 6. The first-order chi connectivity index (χ1) is 12.0. The lowest BCUT2D eigenvalue weighted by atomic mass is 10.0. The molecule has 26 heavy (non-hydrogen) atoms. The lowest BCUT2D eigenvalue weighted by molar-refractivity contribution is -0.150. The molecule has 0 unspecified atom stereocenters. The summed E-state index contributed by atoms with van der Waals surface area (Å²) in [6.07, 6.45) is -0.00480. The highest BCUT2D eigenvalue weighted by Gasteiger charge is 2.31. The molecule has 2 amide bonds. The summed E-state index contributed by atoms with van der Waals surface area (Å²) in [5.41, 5.74) is -0.688.